The number of H-pyrrole nitrogens is 1. The Morgan fingerprint density at radius 2 is 1.93 bits per heavy atom. The Hall–Kier alpha value is -3.40. The third kappa shape index (κ3) is 8.01. The lowest BCUT2D eigenvalue weighted by Crippen LogP contribution is -2.52. The van der Waals surface area contributed by atoms with Gasteiger partial charge in [0.25, 0.3) is 0 Å². The molecule has 0 aliphatic heterocycles. The van der Waals surface area contributed by atoms with Crippen molar-refractivity contribution >= 4 is 17.8 Å². The van der Waals surface area contributed by atoms with E-state index >= 15 is 0 Å². The number of guanidine groups is 1. The Labute approximate surface area is 169 Å². The van der Waals surface area contributed by atoms with Crippen molar-refractivity contribution < 1.29 is 9.59 Å². The Kier molecular flexibility index (Phi) is 8.64. The third-order valence-corrected chi connectivity index (χ3v) is 4.22. The van der Waals surface area contributed by atoms with E-state index in [1.165, 1.54) is 6.33 Å². The molecule has 29 heavy (non-hydrogen) atoms. The van der Waals surface area contributed by atoms with E-state index in [1.807, 2.05) is 30.3 Å². The van der Waals surface area contributed by atoms with Crippen molar-refractivity contribution in [1.29, 1.82) is 0 Å². The number of benzene rings is 1. The molecular formula is C19H28N8O2. The summed E-state index contributed by atoms with van der Waals surface area (Å²) in [5.41, 5.74) is 18.3. The molecule has 0 fully saturated rings. The van der Waals surface area contributed by atoms with Gasteiger partial charge in [-0.1, -0.05) is 30.3 Å². The van der Waals surface area contributed by atoms with Crippen LogP contribution in [0.3, 0.4) is 0 Å². The van der Waals surface area contributed by atoms with Crippen molar-refractivity contribution in [2.75, 3.05) is 6.54 Å². The Morgan fingerprint density at radius 1 is 1.17 bits per heavy atom. The predicted molar refractivity (Wildman–Crippen MR) is 110 cm³/mol. The van der Waals surface area contributed by atoms with Gasteiger partial charge in [0.05, 0.1) is 12.4 Å². The standard InChI is InChI=1S/C19H28N8O2/c20-15(9-14-11-23-12-26-14)17(28)27-16(7-4-8-24-19(21)22)18(29)25-10-13-5-2-1-3-6-13/h1-3,5-6,11-12,15-16H,4,7-10,20H2,(H,23,26)(H,25,29)(H,27,28)(H4,21,22,24)/t15-,16-/m0/s1. The van der Waals surface area contributed by atoms with E-state index in [1.54, 1.807) is 6.20 Å². The largest absolute Gasteiger partial charge is 0.370 e. The highest BCUT2D eigenvalue weighted by molar-refractivity contribution is 5.89. The lowest BCUT2D eigenvalue weighted by atomic mass is 10.1. The first-order valence-electron chi connectivity index (χ1n) is 9.36. The van der Waals surface area contributed by atoms with Crippen LogP contribution in [0.2, 0.25) is 0 Å². The molecule has 0 saturated heterocycles. The maximum atomic E-state index is 12.7. The van der Waals surface area contributed by atoms with Gasteiger partial charge in [-0.3, -0.25) is 14.6 Å². The molecular weight excluding hydrogens is 372 g/mol. The van der Waals surface area contributed by atoms with Gasteiger partial charge in [0.1, 0.15) is 6.04 Å². The van der Waals surface area contributed by atoms with Crippen LogP contribution in [0.5, 0.6) is 0 Å². The molecule has 1 heterocycles. The third-order valence-electron chi connectivity index (χ3n) is 4.22. The second-order valence-corrected chi connectivity index (χ2v) is 6.60. The number of carbonyl (C=O) groups excluding carboxylic acids is 2. The summed E-state index contributed by atoms with van der Waals surface area (Å²) in [4.78, 5) is 35.8. The zero-order valence-corrected chi connectivity index (χ0v) is 16.2. The van der Waals surface area contributed by atoms with Crippen LogP contribution >= 0.6 is 0 Å². The number of rotatable bonds is 11. The molecule has 9 N–H and O–H groups in total. The number of nitrogens with zero attached hydrogens (tertiary/aromatic N) is 2. The van der Waals surface area contributed by atoms with Gasteiger partial charge in [-0.25, -0.2) is 4.98 Å². The van der Waals surface area contributed by atoms with Crippen LogP contribution in [0, 0.1) is 0 Å². The van der Waals surface area contributed by atoms with Crippen LogP contribution in [0.15, 0.2) is 47.8 Å². The Bertz CT molecular complexity index is 788. The number of hydrogen-bond donors (Lipinski definition) is 6. The highest BCUT2D eigenvalue weighted by Gasteiger charge is 2.23. The molecule has 0 unspecified atom stereocenters. The monoisotopic (exact) mass is 400 g/mol. The number of aliphatic imine (C=N–C) groups is 1. The highest BCUT2D eigenvalue weighted by atomic mass is 16.2. The van der Waals surface area contributed by atoms with Crippen molar-refractivity contribution in [3.05, 3.63) is 54.1 Å². The molecule has 0 aliphatic carbocycles. The maximum absolute atomic E-state index is 12.7. The van der Waals surface area contributed by atoms with E-state index in [2.05, 4.69) is 25.6 Å². The average Bonchev–Trinajstić information content (AvgIpc) is 3.21. The highest BCUT2D eigenvalue weighted by Crippen LogP contribution is 2.03. The zero-order chi connectivity index (χ0) is 21.1. The zero-order valence-electron chi connectivity index (χ0n) is 16.2. The minimum absolute atomic E-state index is 0.0132. The van der Waals surface area contributed by atoms with Gasteiger partial charge in [-0.05, 0) is 18.4 Å². The van der Waals surface area contributed by atoms with Crippen molar-refractivity contribution in [1.82, 2.24) is 20.6 Å². The van der Waals surface area contributed by atoms with Gasteiger partial charge in [-0.15, -0.1) is 0 Å². The second-order valence-electron chi connectivity index (χ2n) is 6.60. The molecule has 0 bridgehead atoms. The second kappa shape index (κ2) is 11.4. The van der Waals surface area contributed by atoms with Gasteiger partial charge >= 0.3 is 0 Å². The number of hydrogen-bond acceptors (Lipinski definition) is 5. The van der Waals surface area contributed by atoms with Crippen molar-refractivity contribution in [2.45, 2.75) is 37.9 Å². The van der Waals surface area contributed by atoms with Gasteiger partial charge in [0, 0.05) is 31.4 Å². The molecule has 0 spiro atoms. The van der Waals surface area contributed by atoms with Gasteiger partial charge in [0.2, 0.25) is 11.8 Å². The van der Waals surface area contributed by atoms with E-state index in [0.717, 1.165) is 11.3 Å². The molecule has 10 nitrogen and oxygen atoms in total. The normalized spacial score (nSPS) is 12.6. The van der Waals surface area contributed by atoms with Crippen LogP contribution in [0.1, 0.15) is 24.1 Å². The lowest BCUT2D eigenvalue weighted by molar-refractivity contribution is -0.129. The fraction of sp³-hybridized carbons (Fsp3) is 0.368. The molecule has 156 valence electrons. The average molecular weight is 400 g/mol. The molecule has 2 amide bonds. The SMILES string of the molecule is NC(N)=NCCC[C@H](NC(=O)[C@@H](N)Cc1cnc[nH]1)C(=O)NCc1ccccc1. The summed E-state index contributed by atoms with van der Waals surface area (Å²) in [6.07, 6.45) is 4.31. The number of aromatic nitrogens is 2. The molecule has 2 aromatic rings. The minimum Gasteiger partial charge on any atom is -0.370 e. The first-order valence-corrected chi connectivity index (χ1v) is 9.36. The predicted octanol–water partition coefficient (Wildman–Crippen LogP) is -0.866. The van der Waals surface area contributed by atoms with Crippen molar-refractivity contribution in [3.63, 3.8) is 0 Å². The first-order chi connectivity index (χ1) is 14.0. The summed E-state index contributed by atoms with van der Waals surface area (Å²) in [5, 5.41) is 5.57. The number of aromatic amines is 1. The van der Waals surface area contributed by atoms with Gasteiger partial charge in [-0.2, -0.15) is 0 Å². The first kappa shape index (κ1) is 21.9. The topological polar surface area (TPSA) is 177 Å². The molecule has 1 aromatic heterocycles. The van der Waals surface area contributed by atoms with Crippen LogP contribution in [-0.4, -0.2) is 46.4 Å². The number of nitrogens with one attached hydrogen (secondary N) is 3. The summed E-state index contributed by atoms with van der Waals surface area (Å²) in [5.74, 6) is -0.720. The van der Waals surface area contributed by atoms with Crippen molar-refractivity contribution in [3.8, 4) is 0 Å². The van der Waals surface area contributed by atoms with Crippen LogP contribution < -0.4 is 27.8 Å². The van der Waals surface area contributed by atoms with Gasteiger partial charge in [0.15, 0.2) is 5.96 Å². The molecule has 2 atom stereocenters. The van der Waals surface area contributed by atoms with E-state index in [9.17, 15) is 9.59 Å². The van der Waals surface area contributed by atoms with E-state index in [-0.39, 0.29) is 18.3 Å². The van der Waals surface area contributed by atoms with Crippen LogP contribution in [0.4, 0.5) is 0 Å². The Balaban J connectivity index is 1.93. The minimum atomic E-state index is -0.808. The lowest BCUT2D eigenvalue weighted by Gasteiger charge is -2.20. The molecule has 0 radical (unpaired) electrons. The quantitative estimate of drug-likeness (QED) is 0.162. The maximum Gasteiger partial charge on any atom is 0.242 e. The van der Waals surface area contributed by atoms with Crippen LogP contribution in [-0.2, 0) is 22.6 Å². The molecule has 2 rings (SSSR count). The summed E-state index contributed by atoms with van der Waals surface area (Å²) >= 11 is 0. The smallest absolute Gasteiger partial charge is 0.242 e. The van der Waals surface area contributed by atoms with E-state index in [4.69, 9.17) is 17.2 Å². The molecule has 1 aromatic carbocycles. The van der Waals surface area contributed by atoms with E-state index < -0.39 is 18.0 Å². The number of nitrogens with two attached hydrogens (primary N) is 3. The number of carbonyl (C=O) groups is 2. The number of amides is 2. The fourth-order valence-corrected chi connectivity index (χ4v) is 2.69. The number of imidazole rings is 1. The summed E-state index contributed by atoms with van der Waals surface area (Å²) in [7, 11) is 0. The summed E-state index contributed by atoms with van der Waals surface area (Å²) in [6.45, 7) is 0.723. The molecule has 0 saturated carbocycles. The fourth-order valence-electron chi connectivity index (χ4n) is 2.69. The van der Waals surface area contributed by atoms with E-state index in [0.29, 0.717) is 25.9 Å². The van der Waals surface area contributed by atoms with Crippen LogP contribution in [0.25, 0.3) is 0 Å². The summed E-state index contributed by atoms with van der Waals surface area (Å²) < 4.78 is 0. The van der Waals surface area contributed by atoms with Crippen molar-refractivity contribution in [2.24, 2.45) is 22.2 Å². The summed E-state index contributed by atoms with van der Waals surface area (Å²) in [6, 6.07) is 7.96. The van der Waals surface area contributed by atoms with Gasteiger partial charge < -0.3 is 32.8 Å². The molecule has 10 heteroatoms. The molecule has 0 aliphatic rings. The Morgan fingerprint density at radius 3 is 2.59 bits per heavy atom.